The molecular formula is C47H42N4. The number of allylic oxidation sites excluding steroid dienone is 4. The standard InChI is InChI=1S/C47H42N4/c1-3-31(23-26-48)46-32(4-2)30-45(33-24-27-49-28-25-33)50-47(51-46)43-20-12-11-18-40(43)36-14-6-5-13-35(36)34-21-22-42-39-17-8-7-15-37(39)38-16-9-10-19-41(38)44(42)29-34/h5-11,13-19,21-30,32,46,48H,3-4,12,20H2,1-2H3,(H,50,51)/b31-23+,48-26?. The van der Waals surface area contributed by atoms with Gasteiger partial charge in [0.05, 0.1) is 6.04 Å². The van der Waals surface area contributed by atoms with E-state index in [0.717, 1.165) is 42.8 Å². The van der Waals surface area contributed by atoms with E-state index < -0.39 is 0 Å². The van der Waals surface area contributed by atoms with Crippen LogP contribution in [-0.2, 0) is 0 Å². The van der Waals surface area contributed by atoms with Crippen molar-refractivity contribution in [2.45, 2.75) is 45.6 Å². The first-order chi connectivity index (χ1) is 25.2. The van der Waals surface area contributed by atoms with Gasteiger partial charge in [-0.25, -0.2) is 0 Å². The molecule has 0 bridgehead atoms. The molecule has 2 aliphatic rings. The fraction of sp³-hybridized carbons (Fsp3) is 0.170. The van der Waals surface area contributed by atoms with Gasteiger partial charge in [-0.3, -0.25) is 9.98 Å². The van der Waals surface area contributed by atoms with Crippen molar-refractivity contribution in [1.29, 1.82) is 5.41 Å². The topological polar surface area (TPSA) is 61.1 Å². The molecule has 2 N–H and O–H groups in total. The smallest absolute Gasteiger partial charge is 0.129 e. The van der Waals surface area contributed by atoms with Gasteiger partial charge >= 0.3 is 0 Å². The van der Waals surface area contributed by atoms with Crippen LogP contribution in [0.5, 0.6) is 0 Å². The molecule has 8 rings (SSSR count). The van der Waals surface area contributed by atoms with Crippen LogP contribution >= 0.6 is 0 Å². The van der Waals surface area contributed by atoms with Gasteiger partial charge in [-0.2, -0.15) is 0 Å². The second-order valence-corrected chi connectivity index (χ2v) is 13.4. The number of hydrogen-bond donors (Lipinski definition) is 2. The lowest BCUT2D eigenvalue weighted by Crippen LogP contribution is -2.27. The molecule has 4 heteroatoms. The molecule has 0 saturated heterocycles. The van der Waals surface area contributed by atoms with E-state index in [1.165, 1.54) is 71.9 Å². The van der Waals surface area contributed by atoms with E-state index in [0.29, 0.717) is 0 Å². The van der Waals surface area contributed by atoms with Gasteiger partial charge in [0.2, 0.25) is 0 Å². The van der Waals surface area contributed by atoms with Crippen LogP contribution in [0.1, 0.15) is 50.7 Å². The first-order valence-electron chi connectivity index (χ1n) is 18.2. The summed E-state index contributed by atoms with van der Waals surface area (Å²) in [5.41, 5.74) is 9.34. The molecule has 2 heterocycles. The third-order valence-corrected chi connectivity index (χ3v) is 10.6. The number of hydrogen-bond acceptors (Lipinski definition) is 4. The average molecular weight is 663 g/mol. The number of benzene rings is 5. The molecule has 0 fully saturated rings. The van der Waals surface area contributed by atoms with Crippen molar-refractivity contribution in [3.8, 4) is 11.1 Å². The SMILES string of the molecule is CC/C(=C\C=N)C1N=C(C2=C(c3ccccc3-c3ccc4c5ccccc5c5ccccc5c4c3)C=CCC2)NC(c2ccncc2)=CC1CC. The van der Waals surface area contributed by atoms with Crippen LogP contribution in [0.3, 0.4) is 0 Å². The van der Waals surface area contributed by atoms with Gasteiger partial charge in [0, 0.05) is 41.4 Å². The van der Waals surface area contributed by atoms with Crippen molar-refractivity contribution in [3.63, 3.8) is 0 Å². The van der Waals surface area contributed by atoms with Crippen LogP contribution in [0.25, 0.3) is 54.7 Å². The summed E-state index contributed by atoms with van der Waals surface area (Å²) in [6.45, 7) is 4.40. The van der Waals surface area contributed by atoms with Crippen LogP contribution in [0, 0.1) is 11.3 Å². The van der Waals surface area contributed by atoms with Gasteiger partial charge in [0.25, 0.3) is 0 Å². The van der Waals surface area contributed by atoms with Gasteiger partial charge in [-0.05, 0) is 110 Å². The van der Waals surface area contributed by atoms with Crippen LogP contribution < -0.4 is 5.32 Å². The Kier molecular flexibility index (Phi) is 8.98. The quantitative estimate of drug-likeness (QED) is 0.126. The van der Waals surface area contributed by atoms with Crippen LogP contribution in [0.15, 0.2) is 156 Å². The van der Waals surface area contributed by atoms with E-state index in [9.17, 15) is 0 Å². The van der Waals surface area contributed by atoms with Gasteiger partial charge < -0.3 is 10.7 Å². The fourth-order valence-electron chi connectivity index (χ4n) is 8.03. The van der Waals surface area contributed by atoms with Crippen molar-refractivity contribution >= 4 is 55.6 Å². The Morgan fingerprint density at radius 2 is 1.41 bits per heavy atom. The molecule has 1 aliphatic heterocycles. The third kappa shape index (κ3) is 6.01. The largest absolute Gasteiger partial charge is 0.340 e. The van der Waals surface area contributed by atoms with Crippen molar-refractivity contribution in [1.82, 2.24) is 10.3 Å². The minimum atomic E-state index is -0.0677. The van der Waals surface area contributed by atoms with Crippen LogP contribution in [0.4, 0.5) is 0 Å². The number of pyridine rings is 1. The van der Waals surface area contributed by atoms with E-state index in [1.807, 2.05) is 18.5 Å². The zero-order chi connectivity index (χ0) is 34.7. The van der Waals surface area contributed by atoms with Crippen molar-refractivity contribution in [2.75, 3.05) is 0 Å². The summed E-state index contributed by atoms with van der Waals surface area (Å²) >= 11 is 0. The summed E-state index contributed by atoms with van der Waals surface area (Å²) in [6, 6.07) is 37.4. The van der Waals surface area contributed by atoms with E-state index in [-0.39, 0.29) is 12.0 Å². The number of amidine groups is 1. The molecule has 1 aliphatic carbocycles. The highest BCUT2D eigenvalue weighted by atomic mass is 15.0. The van der Waals surface area contributed by atoms with E-state index in [1.54, 1.807) is 0 Å². The normalized spacial score (nSPS) is 18.0. The van der Waals surface area contributed by atoms with E-state index in [4.69, 9.17) is 10.4 Å². The highest BCUT2D eigenvalue weighted by Gasteiger charge is 2.28. The first kappa shape index (κ1) is 32.3. The Labute approximate surface area is 300 Å². The maximum absolute atomic E-state index is 7.93. The molecule has 0 radical (unpaired) electrons. The number of aliphatic imine (C=N–C) groups is 1. The molecule has 51 heavy (non-hydrogen) atoms. The first-order valence-corrected chi connectivity index (χ1v) is 18.2. The molecule has 2 unspecified atom stereocenters. The van der Waals surface area contributed by atoms with Crippen LogP contribution in [-0.4, -0.2) is 23.1 Å². The highest BCUT2D eigenvalue weighted by Crippen LogP contribution is 2.41. The second kappa shape index (κ2) is 14.2. The average Bonchev–Trinajstić information content (AvgIpc) is 3.40. The fourth-order valence-corrected chi connectivity index (χ4v) is 8.03. The predicted molar refractivity (Wildman–Crippen MR) is 217 cm³/mol. The summed E-state index contributed by atoms with van der Waals surface area (Å²) in [5, 5.41) is 19.4. The zero-order valence-corrected chi connectivity index (χ0v) is 29.2. The van der Waals surface area contributed by atoms with Gasteiger partial charge in [0.1, 0.15) is 5.84 Å². The Bertz CT molecular complexity index is 2410. The summed E-state index contributed by atoms with van der Waals surface area (Å²) in [5.74, 6) is 1.09. The summed E-state index contributed by atoms with van der Waals surface area (Å²) in [7, 11) is 0. The van der Waals surface area contributed by atoms with Gasteiger partial charge in [-0.15, -0.1) is 0 Å². The molecule has 1 aromatic heterocycles. The molecule has 0 amide bonds. The molecular weight excluding hydrogens is 621 g/mol. The molecule has 4 nitrogen and oxygen atoms in total. The lowest BCUT2D eigenvalue weighted by atomic mass is 9.85. The van der Waals surface area contributed by atoms with Crippen LogP contribution in [0.2, 0.25) is 0 Å². The predicted octanol–water partition coefficient (Wildman–Crippen LogP) is 11.7. The Morgan fingerprint density at radius 3 is 2.08 bits per heavy atom. The summed E-state index contributed by atoms with van der Waals surface area (Å²) in [4.78, 5) is 9.87. The minimum Gasteiger partial charge on any atom is -0.340 e. The second-order valence-electron chi connectivity index (χ2n) is 13.4. The molecule has 0 spiro atoms. The van der Waals surface area contributed by atoms with Crippen molar-refractivity contribution in [2.24, 2.45) is 10.9 Å². The highest BCUT2D eigenvalue weighted by molar-refractivity contribution is 6.25. The zero-order valence-electron chi connectivity index (χ0n) is 29.2. The van der Waals surface area contributed by atoms with E-state index >= 15 is 0 Å². The van der Waals surface area contributed by atoms with Crippen molar-refractivity contribution < 1.29 is 0 Å². The summed E-state index contributed by atoms with van der Waals surface area (Å²) < 4.78 is 0. The molecule has 5 aromatic carbocycles. The summed E-state index contributed by atoms with van der Waals surface area (Å²) in [6.07, 6.45) is 17.6. The Hall–Kier alpha value is -5.87. The molecule has 0 saturated carbocycles. The third-order valence-electron chi connectivity index (χ3n) is 10.6. The minimum absolute atomic E-state index is 0.0677. The number of rotatable bonds is 8. The van der Waals surface area contributed by atoms with Gasteiger partial charge in [-0.1, -0.05) is 117 Å². The van der Waals surface area contributed by atoms with Crippen molar-refractivity contribution in [3.05, 3.63) is 162 Å². The van der Waals surface area contributed by atoms with Gasteiger partial charge in [0.15, 0.2) is 0 Å². The molecule has 2 atom stereocenters. The number of nitrogens with zero attached hydrogens (tertiary/aromatic N) is 2. The lowest BCUT2D eigenvalue weighted by Gasteiger charge is -2.24. The number of nitrogens with one attached hydrogen (secondary N) is 2. The number of fused-ring (bicyclic) bond motifs is 6. The Morgan fingerprint density at radius 1 is 0.765 bits per heavy atom. The Balaban J connectivity index is 1.32. The number of aromatic nitrogens is 1. The molecule has 6 aromatic rings. The maximum atomic E-state index is 7.93. The maximum Gasteiger partial charge on any atom is 0.129 e. The lowest BCUT2D eigenvalue weighted by molar-refractivity contribution is 0.534. The van der Waals surface area contributed by atoms with E-state index in [2.05, 4.69) is 146 Å². The molecule has 250 valence electrons. The monoisotopic (exact) mass is 662 g/mol.